The molecule has 0 unspecified atom stereocenters. The zero-order valence-corrected chi connectivity index (χ0v) is 7.01. The molecule has 6 heteroatoms. The molecule has 0 aliphatic heterocycles. The van der Waals surface area contributed by atoms with E-state index in [2.05, 4.69) is 5.10 Å². The Balaban J connectivity index is 3.01. The Morgan fingerprint density at radius 3 is 2.43 bits per heavy atom. The van der Waals surface area contributed by atoms with Crippen LogP contribution in [0.1, 0.15) is 10.4 Å². The number of nitrogens with one attached hydrogen (secondary N) is 1. The van der Waals surface area contributed by atoms with Gasteiger partial charge in [-0.25, -0.2) is 0 Å². The second-order valence-corrected chi connectivity index (χ2v) is 2.46. The number of Topliss-reactive ketones (excluding diaryl/α,β-unsaturated/α-hetero) is 1. The van der Waals surface area contributed by atoms with Crippen molar-refractivity contribution in [2.75, 3.05) is 0 Å². The van der Waals surface area contributed by atoms with E-state index in [9.17, 15) is 4.79 Å². The van der Waals surface area contributed by atoms with E-state index in [4.69, 9.17) is 15.7 Å². The lowest BCUT2D eigenvalue weighted by atomic mass is 10.1. The first-order valence-corrected chi connectivity index (χ1v) is 3.63. The zero-order chi connectivity index (χ0) is 10.6. The van der Waals surface area contributed by atoms with Gasteiger partial charge < -0.3 is 10.2 Å². The minimum absolute atomic E-state index is 0.0708. The molecule has 72 valence electrons. The molecule has 0 saturated carbocycles. The maximum atomic E-state index is 11.2. The molecule has 6 nitrogen and oxygen atoms in total. The third-order valence-electron chi connectivity index (χ3n) is 1.43. The molecular formula is C8H7N3O3. The van der Waals surface area contributed by atoms with Crippen LogP contribution in [0.15, 0.2) is 23.3 Å². The number of rotatable bonds is 3. The molecule has 0 aromatic heterocycles. The molecule has 0 atom stereocenters. The summed E-state index contributed by atoms with van der Waals surface area (Å²) < 4.78 is 0. The number of nitrogens with zero attached hydrogens (tertiary/aromatic N) is 2. The van der Waals surface area contributed by atoms with Crippen molar-refractivity contribution in [2.24, 2.45) is 5.10 Å². The van der Waals surface area contributed by atoms with Crippen LogP contribution in [0, 0.1) is 0 Å². The van der Waals surface area contributed by atoms with E-state index in [1.54, 1.807) is 0 Å². The number of ketones is 1. The van der Waals surface area contributed by atoms with Crippen molar-refractivity contribution in [3.63, 3.8) is 0 Å². The number of hydrogen-bond acceptors (Lipinski definition) is 3. The summed E-state index contributed by atoms with van der Waals surface area (Å²) in [4.78, 5) is 11.2. The molecule has 0 amide bonds. The predicted octanol–water partition coefficient (Wildman–Crippen LogP) is -0.632. The fourth-order valence-electron chi connectivity index (χ4n) is 0.899. The fraction of sp³-hybridized carbons (Fsp3) is 0. The smallest absolute Gasteiger partial charge is 0.187 e. The Bertz CT molecular complexity index is 381. The van der Waals surface area contributed by atoms with E-state index in [0.717, 1.165) is 12.3 Å². The SMILES string of the molecule is [N-]=[NH+]N=CC(=O)c1cc(O)cc(O)c1. The van der Waals surface area contributed by atoms with E-state index in [1.807, 2.05) is 0 Å². The van der Waals surface area contributed by atoms with Crippen molar-refractivity contribution in [3.8, 4) is 11.5 Å². The molecule has 1 rings (SSSR count). The van der Waals surface area contributed by atoms with E-state index >= 15 is 0 Å². The number of phenols is 2. The first kappa shape index (κ1) is 9.85. The number of carbonyl (C=O) groups is 1. The Labute approximate surface area is 79.0 Å². The summed E-state index contributed by atoms with van der Waals surface area (Å²) in [6.45, 7) is 0. The van der Waals surface area contributed by atoms with E-state index in [0.29, 0.717) is 0 Å². The summed E-state index contributed by atoms with van der Waals surface area (Å²) in [7, 11) is 0. The monoisotopic (exact) mass is 193 g/mol. The van der Waals surface area contributed by atoms with Crippen LogP contribution in [0.25, 0.3) is 5.53 Å². The average molecular weight is 193 g/mol. The van der Waals surface area contributed by atoms with E-state index < -0.39 is 5.78 Å². The van der Waals surface area contributed by atoms with Crippen molar-refractivity contribution in [1.29, 1.82) is 0 Å². The summed E-state index contributed by atoms with van der Waals surface area (Å²) in [6, 6.07) is 3.44. The van der Waals surface area contributed by atoms with Crippen LogP contribution in [0.5, 0.6) is 11.5 Å². The summed E-state index contributed by atoms with van der Waals surface area (Å²) in [5.41, 5.74) is 8.14. The van der Waals surface area contributed by atoms with Crippen molar-refractivity contribution in [1.82, 2.24) is 0 Å². The highest BCUT2D eigenvalue weighted by Crippen LogP contribution is 2.20. The molecule has 0 bridgehead atoms. The molecule has 0 fully saturated rings. The average Bonchev–Trinajstić information content (AvgIpc) is 2.12. The number of phenolic OH excluding ortho intramolecular Hbond substituents is 2. The number of hydrogen-bond donors (Lipinski definition) is 3. The van der Waals surface area contributed by atoms with Gasteiger partial charge in [0, 0.05) is 17.8 Å². The molecule has 0 spiro atoms. The standard InChI is InChI=1S/C8H7N3O3/c9-11-10-4-8(14)5-1-6(12)3-7(13)2-5/h1-4,11-13H. The molecule has 1 aromatic carbocycles. The molecule has 0 aliphatic carbocycles. The van der Waals surface area contributed by atoms with Crippen LogP contribution in [0.2, 0.25) is 0 Å². The van der Waals surface area contributed by atoms with E-state index in [1.165, 1.54) is 17.4 Å². The second kappa shape index (κ2) is 4.13. The van der Waals surface area contributed by atoms with Crippen LogP contribution in [0.3, 0.4) is 0 Å². The fourth-order valence-corrected chi connectivity index (χ4v) is 0.899. The maximum Gasteiger partial charge on any atom is 0.187 e. The highest BCUT2D eigenvalue weighted by Gasteiger charge is 2.04. The molecule has 0 radical (unpaired) electrons. The third kappa shape index (κ3) is 2.37. The van der Waals surface area contributed by atoms with Gasteiger partial charge in [0.15, 0.2) is 5.78 Å². The van der Waals surface area contributed by atoms with Gasteiger partial charge in [0.05, 0.1) is 0 Å². The topological polar surface area (TPSA) is 106 Å². The van der Waals surface area contributed by atoms with Crippen LogP contribution >= 0.6 is 0 Å². The lowest BCUT2D eigenvalue weighted by Gasteiger charge is -1.98. The maximum absolute atomic E-state index is 11.2. The largest absolute Gasteiger partial charge is 0.508 e. The lowest BCUT2D eigenvalue weighted by Crippen LogP contribution is -2.54. The Kier molecular flexibility index (Phi) is 2.90. The normalized spacial score (nSPS) is 10.3. The van der Waals surface area contributed by atoms with Gasteiger partial charge in [0.25, 0.3) is 0 Å². The molecular weight excluding hydrogens is 186 g/mol. The van der Waals surface area contributed by atoms with Crippen molar-refractivity contribution in [3.05, 3.63) is 29.3 Å². The second-order valence-electron chi connectivity index (χ2n) is 2.46. The van der Waals surface area contributed by atoms with E-state index in [-0.39, 0.29) is 17.1 Å². The first-order chi connectivity index (χ1) is 6.63. The summed E-state index contributed by atoms with van der Waals surface area (Å²) in [5.74, 6) is -1.00. The van der Waals surface area contributed by atoms with Crippen LogP contribution in [0.4, 0.5) is 0 Å². The minimum Gasteiger partial charge on any atom is -0.508 e. The number of aromatic hydroxyl groups is 2. The summed E-state index contributed by atoms with van der Waals surface area (Å²) in [6.07, 6.45) is 0.814. The molecule has 1 aromatic rings. The predicted molar refractivity (Wildman–Crippen MR) is 46.9 cm³/mol. The summed E-state index contributed by atoms with van der Waals surface area (Å²) in [5, 5.41) is 22.6. The Morgan fingerprint density at radius 2 is 1.93 bits per heavy atom. The van der Waals surface area contributed by atoms with Gasteiger partial charge in [0.2, 0.25) is 0 Å². The van der Waals surface area contributed by atoms with Gasteiger partial charge in [-0.1, -0.05) is 0 Å². The number of benzene rings is 1. The highest BCUT2D eigenvalue weighted by molar-refractivity contribution is 6.35. The highest BCUT2D eigenvalue weighted by atomic mass is 16.3. The number of carbonyl (C=O) groups excluding carboxylic acids is 1. The van der Waals surface area contributed by atoms with Gasteiger partial charge in [-0.05, 0) is 12.1 Å². The molecule has 0 heterocycles. The molecule has 14 heavy (non-hydrogen) atoms. The van der Waals surface area contributed by atoms with Crippen LogP contribution in [-0.2, 0) is 0 Å². The van der Waals surface area contributed by atoms with Gasteiger partial charge in [-0.15, -0.1) is 0 Å². The zero-order valence-electron chi connectivity index (χ0n) is 7.01. The van der Waals surface area contributed by atoms with Gasteiger partial charge in [-0.2, -0.15) is 15.9 Å². The lowest BCUT2D eigenvalue weighted by molar-refractivity contribution is -0.485. The molecule has 0 aliphatic rings. The first-order valence-electron chi connectivity index (χ1n) is 3.63. The molecule has 0 saturated heterocycles. The third-order valence-corrected chi connectivity index (χ3v) is 1.43. The Hall–Kier alpha value is -2.24. The number of hydrazone groups is 1. The molecule has 3 N–H and O–H groups in total. The van der Waals surface area contributed by atoms with Gasteiger partial charge >= 0.3 is 0 Å². The van der Waals surface area contributed by atoms with Crippen LogP contribution < -0.4 is 5.22 Å². The van der Waals surface area contributed by atoms with Gasteiger partial charge in [-0.3, -0.25) is 4.79 Å². The van der Waals surface area contributed by atoms with Crippen LogP contribution in [-0.4, -0.2) is 22.2 Å². The summed E-state index contributed by atoms with van der Waals surface area (Å²) >= 11 is 0. The minimum atomic E-state index is -0.558. The van der Waals surface area contributed by atoms with Crippen molar-refractivity contribution < 1.29 is 20.2 Å². The van der Waals surface area contributed by atoms with Crippen molar-refractivity contribution >= 4 is 12.0 Å². The van der Waals surface area contributed by atoms with Gasteiger partial charge in [0.1, 0.15) is 11.5 Å². The Morgan fingerprint density at radius 1 is 1.36 bits per heavy atom. The quantitative estimate of drug-likeness (QED) is 0.257. The van der Waals surface area contributed by atoms with Crippen molar-refractivity contribution in [2.45, 2.75) is 0 Å².